The first-order valence-electron chi connectivity index (χ1n) is 8.97. The van der Waals surface area contributed by atoms with E-state index in [9.17, 15) is 5.26 Å². The Hall–Kier alpha value is -4.04. The minimum absolute atomic E-state index is 0.0971. The second-order valence-corrected chi connectivity index (χ2v) is 6.68. The Morgan fingerprint density at radius 2 is 1.71 bits per heavy atom. The van der Waals surface area contributed by atoms with Crippen LogP contribution in [0.1, 0.15) is 17.0 Å². The van der Waals surface area contributed by atoms with Gasteiger partial charge < -0.3 is 10.5 Å². The third-order valence-corrected chi connectivity index (χ3v) is 5.13. The molecule has 1 aliphatic rings. The second-order valence-electron chi connectivity index (χ2n) is 6.68. The summed E-state index contributed by atoms with van der Waals surface area (Å²) in [7, 11) is 0. The molecule has 0 saturated carbocycles. The monoisotopic (exact) mass is 364 g/mol. The van der Waals surface area contributed by atoms with Crippen LogP contribution in [0.25, 0.3) is 22.0 Å². The van der Waals surface area contributed by atoms with Gasteiger partial charge in [0, 0.05) is 5.56 Å². The standard InChI is InChI=1S/C23H16N4O/c24-13-18-19(15-8-2-1-3-9-15)20-21(26-27-23(20)28-22(18)25)17-12-6-10-14-7-4-5-11-16(14)17/h1-12,19H,25H2,(H,26,27)/t19-/m0/s1. The van der Waals surface area contributed by atoms with Crippen LogP contribution in [-0.2, 0) is 0 Å². The number of ether oxygens (including phenoxy) is 1. The number of nitrogens with one attached hydrogen (secondary N) is 1. The lowest BCUT2D eigenvalue weighted by molar-refractivity contribution is 0.379. The highest BCUT2D eigenvalue weighted by atomic mass is 16.5. The lowest BCUT2D eigenvalue weighted by Gasteiger charge is -2.24. The molecular formula is C23H16N4O. The number of hydrogen-bond donors (Lipinski definition) is 2. The summed E-state index contributed by atoms with van der Waals surface area (Å²) < 4.78 is 5.69. The summed E-state index contributed by atoms with van der Waals surface area (Å²) >= 11 is 0. The number of nitriles is 1. The Morgan fingerprint density at radius 3 is 2.54 bits per heavy atom. The van der Waals surface area contributed by atoms with Crippen molar-refractivity contribution in [1.29, 1.82) is 5.26 Å². The summed E-state index contributed by atoms with van der Waals surface area (Å²) in [6.07, 6.45) is 0. The number of fused-ring (bicyclic) bond motifs is 2. The van der Waals surface area contributed by atoms with E-state index in [4.69, 9.17) is 10.5 Å². The number of nitrogens with zero attached hydrogens (tertiary/aromatic N) is 2. The van der Waals surface area contributed by atoms with Crippen molar-refractivity contribution in [3.8, 4) is 23.2 Å². The van der Waals surface area contributed by atoms with Crippen molar-refractivity contribution in [2.45, 2.75) is 5.92 Å². The van der Waals surface area contributed by atoms with Crippen molar-refractivity contribution in [2.75, 3.05) is 0 Å². The number of aromatic amines is 1. The zero-order chi connectivity index (χ0) is 19.1. The minimum atomic E-state index is -0.345. The van der Waals surface area contributed by atoms with Crippen LogP contribution < -0.4 is 10.5 Å². The van der Waals surface area contributed by atoms with E-state index in [-0.39, 0.29) is 11.8 Å². The van der Waals surface area contributed by atoms with E-state index in [1.807, 2.05) is 54.6 Å². The first kappa shape index (κ1) is 16.2. The summed E-state index contributed by atoms with van der Waals surface area (Å²) in [6, 6.07) is 26.4. The summed E-state index contributed by atoms with van der Waals surface area (Å²) in [5.74, 6) is 0.163. The van der Waals surface area contributed by atoms with Crippen molar-refractivity contribution in [2.24, 2.45) is 5.73 Å². The summed E-state index contributed by atoms with van der Waals surface area (Å²) in [5.41, 5.74) is 10.1. The minimum Gasteiger partial charge on any atom is -0.420 e. The van der Waals surface area contributed by atoms with Crippen LogP contribution in [-0.4, -0.2) is 10.2 Å². The molecule has 3 aromatic carbocycles. The van der Waals surface area contributed by atoms with Crippen molar-refractivity contribution in [3.63, 3.8) is 0 Å². The van der Waals surface area contributed by atoms with E-state index in [0.717, 1.165) is 33.2 Å². The van der Waals surface area contributed by atoms with Gasteiger partial charge in [0.2, 0.25) is 11.8 Å². The predicted octanol–water partition coefficient (Wildman–Crippen LogP) is 4.45. The molecule has 134 valence electrons. The lowest BCUT2D eigenvalue weighted by Crippen LogP contribution is -2.20. The third-order valence-electron chi connectivity index (χ3n) is 5.13. The fourth-order valence-corrected chi connectivity index (χ4v) is 3.87. The van der Waals surface area contributed by atoms with E-state index >= 15 is 0 Å². The van der Waals surface area contributed by atoms with Gasteiger partial charge in [-0.2, -0.15) is 5.26 Å². The van der Waals surface area contributed by atoms with Gasteiger partial charge in [0.15, 0.2) is 0 Å². The van der Waals surface area contributed by atoms with Crippen molar-refractivity contribution in [3.05, 3.63) is 95.4 Å². The fourth-order valence-electron chi connectivity index (χ4n) is 3.87. The highest BCUT2D eigenvalue weighted by molar-refractivity contribution is 5.97. The molecule has 0 bridgehead atoms. The zero-order valence-corrected chi connectivity index (χ0v) is 14.9. The van der Waals surface area contributed by atoms with Gasteiger partial charge in [-0.15, -0.1) is 5.10 Å². The van der Waals surface area contributed by atoms with Crippen molar-refractivity contribution in [1.82, 2.24) is 10.2 Å². The number of aromatic nitrogens is 2. The van der Waals surface area contributed by atoms with E-state index in [2.05, 4.69) is 34.5 Å². The maximum absolute atomic E-state index is 9.79. The molecule has 0 fully saturated rings. The van der Waals surface area contributed by atoms with E-state index in [1.54, 1.807) is 0 Å². The average Bonchev–Trinajstić information content (AvgIpc) is 3.16. The topological polar surface area (TPSA) is 87.7 Å². The lowest BCUT2D eigenvalue weighted by atomic mass is 9.82. The predicted molar refractivity (Wildman–Crippen MR) is 107 cm³/mol. The molecular weight excluding hydrogens is 348 g/mol. The molecule has 1 aromatic heterocycles. The highest BCUT2D eigenvalue weighted by Gasteiger charge is 2.35. The molecule has 1 aliphatic heterocycles. The molecule has 0 unspecified atom stereocenters. The largest absolute Gasteiger partial charge is 0.420 e. The molecule has 0 aliphatic carbocycles. The molecule has 5 nitrogen and oxygen atoms in total. The van der Waals surface area contributed by atoms with Crippen LogP contribution in [0.2, 0.25) is 0 Å². The van der Waals surface area contributed by atoms with Gasteiger partial charge in [0.1, 0.15) is 11.6 Å². The Balaban J connectivity index is 1.80. The maximum atomic E-state index is 9.79. The Kier molecular flexibility index (Phi) is 3.63. The zero-order valence-electron chi connectivity index (χ0n) is 14.9. The average molecular weight is 364 g/mol. The molecule has 5 heteroatoms. The van der Waals surface area contributed by atoms with E-state index in [0.29, 0.717) is 11.5 Å². The second kappa shape index (κ2) is 6.29. The third kappa shape index (κ3) is 2.36. The molecule has 1 atom stereocenters. The van der Waals surface area contributed by atoms with Gasteiger partial charge >= 0.3 is 0 Å². The number of benzene rings is 3. The number of nitrogens with two attached hydrogens (primary N) is 1. The SMILES string of the molecule is N#CC1=C(N)Oc2n[nH]c(-c3cccc4ccccc34)c2[C@H]1c1ccccc1. The van der Waals surface area contributed by atoms with Crippen LogP contribution in [0, 0.1) is 11.3 Å². The summed E-state index contributed by atoms with van der Waals surface area (Å²) in [4.78, 5) is 0. The molecule has 3 N–H and O–H groups in total. The normalized spacial score (nSPS) is 15.8. The molecule has 4 aromatic rings. The molecule has 0 amide bonds. The van der Waals surface area contributed by atoms with Gasteiger partial charge in [0.05, 0.1) is 17.2 Å². The quantitative estimate of drug-likeness (QED) is 0.550. The number of rotatable bonds is 2. The number of allylic oxidation sites excluding steroid dienone is 1. The molecule has 28 heavy (non-hydrogen) atoms. The van der Waals surface area contributed by atoms with Crippen LogP contribution in [0.3, 0.4) is 0 Å². The molecule has 0 saturated heterocycles. The van der Waals surface area contributed by atoms with Crippen LogP contribution in [0.15, 0.2) is 84.3 Å². The Labute approximate surface area is 161 Å². The van der Waals surface area contributed by atoms with Crippen LogP contribution in [0.5, 0.6) is 5.88 Å². The van der Waals surface area contributed by atoms with E-state index < -0.39 is 0 Å². The van der Waals surface area contributed by atoms with Crippen molar-refractivity contribution >= 4 is 10.8 Å². The first-order chi connectivity index (χ1) is 13.8. The number of hydrogen-bond acceptors (Lipinski definition) is 4. The van der Waals surface area contributed by atoms with Gasteiger partial charge in [-0.05, 0) is 16.3 Å². The number of H-pyrrole nitrogens is 1. The fraction of sp³-hybridized carbons (Fsp3) is 0.0435. The van der Waals surface area contributed by atoms with Crippen LogP contribution >= 0.6 is 0 Å². The van der Waals surface area contributed by atoms with Gasteiger partial charge in [0.25, 0.3) is 0 Å². The Morgan fingerprint density at radius 1 is 0.964 bits per heavy atom. The van der Waals surface area contributed by atoms with Crippen molar-refractivity contribution < 1.29 is 4.74 Å². The first-order valence-corrected chi connectivity index (χ1v) is 8.97. The van der Waals surface area contributed by atoms with Crippen LogP contribution in [0.4, 0.5) is 0 Å². The van der Waals surface area contributed by atoms with Gasteiger partial charge in [-0.1, -0.05) is 72.8 Å². The van der Waals surface area contributed by atoms with E-state index in [1.165, 1.54) is 0 Å². The smallest absolute Gasteiger partial charge is 0.244 e. The summed E-state index contributed by atoms with van der Waals surface area (Å²) in [6.45, 7) is 0. The van der Waals surface area contributed by atoms with Gasteiger partial charge in [-0.25, -0.2) is 0 Å². The highest BCUT2D eigenvalue weighted by Crippen LogP contribution is 2.46. The Bertz CT molecular complexity index is 1260. The molecule has 0 radical (unpaired) electrons. The molecule has 5 rings (SSSR count). The molecule has 2 heterocycles. The summed E-state index contributed by atoms with van der Waals surface area (Å²) in [5, 5.41) is 19.5. The van der Waals surface area contributed by atoms with Gasteiger partial charge in [-0.3, -0.25) is 5.10 Å². The maximum Gasteiger partial charge on any atom is 0.244 e. The molecule has 0 spiro atoms.